The van der Waals surface area contributed by atoms with Crippen molar-refractivity contribution in [3.63, 3.8) is 0 Å². The Bertz CT molecular complexity index is 588. The van der Waals surface area contributed by atoms with Gasteiger partial charge in [0.15, 0.2) is 0 Å². The van der Waals surface area contributed by atoms with Crippen LogP contribution in [0.4, 0.5) is 0 Å². The maximum absolute atomic E-state index is 12.2. The molecule has 0 saturated heterocycles. The second-order valence-electron chi connectivity index (χ2n) is 4.67. The van der Waals surface area contributed by atoms with E-state index < -0.39 is 0 Å². The zero-order valence-electron chi connectivity index (χ0n) is 11.5. The van der Waals surface area contributed by atoms with Crippen molar-refractivity contribution in [3.05, 3.63) is 41.3 Å². The minimum atomic E-state index is -0.249. The van der Waals surface area contributed by atoms with Gasteiger partial charge in [-0.1, -0.05) is 19.9 Å². The molecule has 0 aromatic heterocycles. The van der Waals surface area contributed by atoms with E-state index in [1.807, 2.05) is 24.3 Å². The standard InChI is InChI=1S/C15H16N2O2S/c1-10(2)20-13-5-3-4-11(8-13)14(18)17-15-12(9-16)6-7-19-15/h3-5,8,10H,6-7H2,1-2H3,(H,17,18). The zero-order chi connectivity index (χ0) is 14.5. The predicted molar refractivity (Wildman–Crippen MR) is 78.1 cm³/mol. The molecule has 104 valence electrons. The molecular formula is C15H16N2O2S. The van der Waals surface area contributed by atoms with Crippen molar-refractivity contribution < 1.29 is 9.53 Å². The van der Waals surface area contributed by atoms with Gasteiger partial charge < -0.3 is 4.74 Å². The van der Waals surface area contributed by atoms with Crippen LogP contribution in [0.1, 0.15) is 30.6 Å². The third-order valence-corrected chi connectivity index (χ3v) is 3.70. The van der Waals surface area contributed by atoms with Gasteiger partial charge in [0.2, 0.25) is 5.88 Å². The first-order valence-corrected chi connectivity index (χ1v) is 7.32. The molecule has 0 atom stereocenters. The Morgan fingerprint density at radius 2 is 2.30 bits per heavy atom. The van der Waals surface area contributed by atoms with Gasteiger partial charge >= 0.3 is 0 Å². The Morgan fingerprint density at radius 3 is 3.00 bits per heavy atom. The van der Waals surface area contributed by atoms with Crippen molar-refractivity contribution in [2.24, 2.45) is 0 Å². The van der Waals surface area contributed by atoms with E-state index in [1.54, 1.807) is 17.8 Å². The van der Waals surface area contributed by atoms with Crippen molar-refractivity contribution >= 4 is 17.7 Å². The van der Waals surface area contributed by atoms with Crippen LogP contribution in [0, 0.1) is 11.3 Å². The summed E-state index contributed by atoms with van der Waals surface area (Å²) in [6.07, 6.45) is 0.551. The first-order chi connectivity index (χ1) is 9.60. The number of benzene rings is 1. The van der Waals surface area contributed by atoms with E-state index in [1.165, 1.54) is 0 Å². The molecule has 0 spiro atoms. The number of carbonyl (C=O) groups is 1. The van der Waals surface area contributed by atoms with Crippen LogP contribution in [-0.2, 0) is 4.74 Å². The molecule has 0 unspecified atom stereocenters. The second kappa shape index (κ2) is 6.49. The van der Waals surface area contributed by atoms with Crippen molar-refractivity contribution in [2.45, 2.75) is 30.4 Å². The lowest BCUT2D eigenvalue weighted by atomic mass is 10.2. The van der Waals surface area contributed by atoms with E-state index in [9.17, 15) is 4.79 Å². The summed E-state index contributed by atoms with van der Waals surface area (Å²) in [4.78, 5) is 13.2. The average Bonchev–Trinajstić information content (AvgIpc) is 2.85. The second-order valence-corrected chi connectivity index (χ2v) is 6.32. The molecule has 20 heavy (non-hydrogen) atoms. The van der Waals surface area contributed by atoms with Gasteiger partial charge in [0.05, 0.1) is 12.2 Å². The van der Waals surface area contributed by atoms with Crippen LogP contribution in [0.2, 0.25) is 0 Å². The molecule has 1 heterocycles. The fraction of sp³-hybridized carbons (Fsp3) is 0.333. The summed E-state index contributed by atoms with van der Waals surface area (Å²) in [5.41, 5.74) is 1.06. The summed E-state index contributed by atoms with van der Waals surface area (Å²) in [6, 6.07) is 9.48. The number of hydrogen-bond donors (Lipinski definition) is 1. The molecule has 0 fully saturated rings. The number of nitrogens with one attached hydrogen (secondary N) is 1. The van der Waals surface area contributed by atoms with Gasteiger partial charge in [0, 0.05) is 22.1 Å². The molecule has 2 rings (SSSR count). The topological polar surface area (TPSA) is 62.1 Å². The minimum Gasteiger partial charge on any atom is -0.478 e. The Hall–Kier alpha value is -1.93. The summed E-state index contributed by atoms with van der Waals surface area (Å²) < 4.78 is 5.26. The molecule has 4 nitrogen and oxygen atoms in total. The maximum Gasteiger partial charge on any atom is 0.258 e. The lowest BCUT2D eigenvalue weighted by Gasteiger charge is -2.09. The fourth-order valence-corrected chi connectivity index (χ4v) is 2.73. The van der Waals surface area contributed by atoms with Crippen LogP contribution in [0.3, 0.4) is 0 Å². The summed E-state index contributed by atoms with van der Waals surface area (Å²) in [5.74, 6) is 0.0419. The molecule has 1 amide bonds. The Balaban J connectivity index is 2.12. The van der Waals surface area contributed by atoms with Crippen LogP contribution < -0.4 is 5.32 Å². The zero-order valence-corrected chi connectivity index (χ0v) is 12.3. The first-order valence-electron chi connectivity index (χ1n) is 6.44. The van der Waals surface area contributed by atoms with Crippen molar-refractivity contribution in [1.29, 1.82) is 5.26 Å². The number of nitriles is 1. The fourth-order valence-electron chi connectivity index (χ4n) is 1.83. The quantitative estimate of drug-likeness (QED) is 0.865. The predicted octanol–water partition coefficient (Wildman–Crippen LogP) is 3.07. The molecule has 1 aliphatic rings. The van der Waals surface area contributed by atoms with Crippen LogP contribution in [0.15, 0.2) is 40.6 Å². The van der Waals surface area contributed by atoms with Crippen LogP contribution >= 0.6 is 11.8 Å². The third-order valence-electron chi connectivity index (χ3n) is 2.70. The molecule has 5 heteroatoms. The molecule has 0 aliphatic carbocycles. The largest absolute Gasteiger partial charge is 0.478 e. The Morgan fingerprint density at radius 1 is 1.50 bits per heavy atom. The van der Waals surface area contributed by atoms with Gasteiger partial charge in [0.1, 0.15) is 6.07 Å². The molecule has 0 radical (unpaired) electrons. The van der Waals surface area contributed by atoms with Gasteiger partial charge in [0.25, 0.3) is 5.91 Å². The van der Waals surface area contributed by atoms with Crippen LogP contribution in [-0.4, -0.2) is 17.8 Å². The number of amides is 1. The van der Waals surface area contributed by atoms with E-state index in [0.29, 0.717) is 35.3 Å². The molecule has 1 aromatic rings. The third kappa shape index (κ3) is 3.55. The van der Waals surface area contributed by atoms with Gasteiger partial charge in [-0.15, -0.1) is 11.8 Å². The maximum atomic E-state index is 12.2. The number of hydrogen-bond acceptors (Lipinski definition) is 4. The van der Waals surface area contributed by atoms with Crippen molar-refractivity contribution in [3.8, 4) is 6.07 Å². The summed E-state index contributed by atoms with van der Waals surface area (Å²) in [5, 5.41) is 12.0. The molecule has 1 N–H and O–H groups in total. The number of carbonyl (C=O) groups excluding carboxylic acids is 1. The highest BCUT2D eigenvalue weighted by atomic mass is 32.2. The van der Waals surface area contributed by atoms with E-state index in [0.717, 1.165) is 4.90 Å². The van der Waals surface area contributed by atoms with E-state index in [-0.39, 0.29) is 5.91 Å². The monoisotopic (exact) mass is 288 g/mol. The number of ether oxygens (including phenoxy) is 1. The summed E-state index contributed by atoms with van der Waals surface area (Å²) in [6.45, 7) is 4.66. The minimum absolute atomic E-state index is 0.249. The normalized spacial score (nSPS) is 14.1. The lowest BCUT2D eigenvalue weighted by Crippen LogP contribution is -2.23. The number of nitrogens with zero attached hydrogens (tertiary/aromatic N) is 1. The molecule has 0 saturated carbocycles. The number of rotatable bonds is 4. The first kappa shape index (κ1) is 14.5. The van der Waals surface area contributed by atoms with Crippen LogP contribution in [0.5, 0.6) is 0 Å². The van der Waals surface area contributed by atoms with Crippen molar-refractivity contribution in [1.82, 2.24) is 5.32 Å². The van der Waals surface area contributed by atoms with Gasteiger partial charge in [-0.25, -0.2) is 0 Å². The van der Waals surface area contributed by atoms with E-state index in [4.69, 9.17) is 10.00 Å². The Labute approximate surface area is 122 Å². The summed E-state index contributed by atoms with van der Waals surface area (Å²) >= 11 is 1.70. The van der Waals surface area contributed by atoms with E-state index in [2.05, 4.69) is 19.2 Å². The van der Waals surface area contributed by atoms with Gasteiger partial charge in [-0.05, 0) is 18.2 Å². The SMILES string of the molecule is CC(C)Sc1cccc(C(=O)NC2=C(C#N)CCO2)c1. The van der Waals surface area contributed by atoms with Gasteiger partial charge in [-0.3, -0.25) is 10.1 Å². The molecule has 0 bridgehead atoms. The lowest BCUT2D eigenvalue weighted by molar-refractivity contribution is 0.0930. The molecule has 1 aromatic carbocycles. The number of thioether (sulfide) groups is 1. The van der Waals surface area contributed by atoms with Crippen LogP contribution in [0.25, 0.3) is 0 Å². The van der Waals surface area contributed by atoms with E-state index >= 15 is 0 Å². The highest BCUT2D eigenvalue weighted by molar-refractivity contribution is 7.99. The Kier molecular flexibility index (Phi) is 4.70. The average molecular weight is 288 g/mol. The highest BCUT2D eigenvalue weighted by Gasteiger charge is 2.19. The van der Waals surface area contributed by atoms with Crippen molar-refractivity contribution in [2.75, 3.05) is 6.61 Å². The molecular weight excluding hydrogens is 272 g/mol. The molecule has 1 aliphatic heterocycles. The van der Waals surface area contributed by atoms with Gasteiger partial charge in [-0.2, -0.15) is 5.26 Å². The summed E-state index contributed by atoms with van der Waals surface area (Å²) in [7, 11) is 0. The highest BCUT2D eigenvalue weighted by Crippen LogP contribution is 2.24. The smallest absolute Gasteiger partial charge is 0.258 e.